The monoisotopic (exact) mass is 232 g/mol. The predicted octanol–water partition coefficient (Wildman–Crippen LogP) is 4.15. The van der Waals surface area contributed by atoms with Crippen molar-refractivity contribution in [2.24, 2.45) is 5.92 Å². The van der Waals surface area contributed by atoms with Gasteiger partial charge in [0.15, 0.2) is 0 Å². The largest absolute Gasteiger partial charge is 0.393 e. The van der Waals surface area contributed by atoms with Crippen LogP contribution in [-0.4, -0.2) is 11.2 Å². The third-order valence-electron chi connectivity index (χ3n) is 3.87. The van der Waals surface area contributed by atoms with Gasteiger partial charge in [-0.15, -0.1) is 0 Å². The van der Waals surface area contributed by atoms with Gasteiger partial charge >= 0.3 is 0 Å². The molecule has 0 heterocycles. The number of allylic oxidation sites excluding steroid dienone is 6. The molecule has 0 radical (unpaired) electrons. The van der Waals surface area contributed by atoms with Crippen molar-refractivity contribution >= 4 is 0 Å². The molecule has 0 aromatic carbocycles. The van der Waals surface area contributed by atoms with E-state index < -0.39 is 0 Å². The lowest BCUT2D eigenvalue weighted by atomic mass is 9.85. The fourth-order valence-electron chi connectivity index (χ4n) is 2.89. The van der Waals surface area contributed by atoms with Crippen LogP contribution in [0.3, 0.4) is 0 Å². The van der Waals surface area contributed by atoms with Gasteiger partial charge in [-0.05, 0) is 57.8 Å². The summed E-state index contributed by atoms with van der Waals surface area (Å²) in [5.74, 6) is 0.707. The quantitative estimate of drug-likeness (QED) is 0.725. The van der Waals surface area contributed by atoms with Crippen molar-refractivity contribution in [2.45, 2.75) is 58.0 Å². The zero-order chi connectivity index (χ0) is 12.1. The first-order chi connectivity index (χ1) is 8.24. The van der Waals surface area contributed by atoms with Gasteiger partial charge in [0.2, 0.25) is 0 Å². The molecule has 0 atom stereocenters. The van der Waals surface area contributed by atoms with Crippen LogP contribution < -0.4 is 0 Å². The maximum absolute atomic E-state index is 9.48. The number of hydrogen-bond donors (Lipinski definition) is 1. The molecule has 17 heavy (non-hydrogen) atoms. The summed E-state index contributed by atoms with van der Waals surface area (Å²) in [5.41, 5.74) is 3.07. The molecule has 0 amide bonds. The van der Waals surface area contributed by atoms with E-state index in [2.05, 4.69) is 31.2 Å². The van der Waals surface area contributed by atoms with Gasteiger partial charge in [0, 0.05) is 0 Å². The van der Waals surface area contributed by atoms with Crippen molar-refractivity contribution in [1.29, 1.82) is 0 Å². The third kappa shape index (κ3) is 4.16. The van der Waals surface area contributed by atoms with Crippen LogP contribution in [0.2, 0.25) is 0 Å². The molecule has 2 rings (SSSR count). The first kappa shape index (κ1) is 12.6. The second kappa shape index (κ2) is 6.20. The molecule has 1 fully saturated rings. The van der Waals surface area contributed by atoms with E-state index in [1.807, 2.05) is 0 Å². The number of aliphatic hydroxyl groups excluding tert-OH is 1. The minimum Gasteiger partial charge on any atom is -0.393 e. The lowest BCUT2D eigenvalue weighted by molar-refractivity contribution is 0.117. The highest BCUT2D eigenvalue weighted by molar-refractivity contribution is 5.23. The Bertz CT molecular complexity index is 327. The average Bonchev–Trinajstić information content (AvgIpc) is 2.33. The fourth-order valence-corrected chi connectivity index (χ4v) is 2.89. The Morgan fingerprint density at radius 2 is 2.12 bits per heavy atom. The minimum atomic E-state index is -0.0360. The van der Waals surface area contributed by atoms with E-state index in [1.54, 1.807) is 5.57 Å². The Hall–Kier alpha value is -0.820. The van der Waals surface area contributed by atoms with Crippen LogP contribution in [0.15, 0.2) is 35.5 Å². The number of aliphatic hydroxyl groups is 1. The highest BCUT2D eigenvalue weighted by Crippen LogP contribution is 2.28. The number of rotatable bonds is 3. The van der Waals surface area contributed by atoms with Crippen molar-refractivity contribution in [2.75, 3.05) is 0 Å². The molecule has 1 nitrogen and oxygen atoms in total. The molecule has 1 heteroatoms. The summed E-state index contributed by atoms with van der Waals surface area (Å²) < 4.78 is 0. The minimum absolute atomic E-state index is 0.0360. The van der Waals surface area contributed by atoms with Crippen molar-refractivity contribution < 1.29 is 5.11 Å². The SMILES string of the molecule is CC(=CC1CCC(O)CC1)CC1=CC=CCC1. The van der Waals surface area contributed by atoms with Gasteiger partial charge in [-0.1, -0.05) is 35.5 Å². The summed E-state index contributed by atoms with van der Waals surface area (Å²) >= 11 is 0. The zero-order valence-electron chi connectivity index (χ0n) is 10.9. The van der Waals surface area contributed by atoms with Gasteiger partial charge in [-0.3, -0.25) is 0 Å². The molecule has 1 N–H and O–H groups in total. The van der Waals surface area contributed by atoms with Crippen molar-refractivity contribution in [3.05, 3.63) is 35.5 Å². The van der Waals surface area contributed by atoms with Crippen LogP contribution in [-0.2, 0) is 0 Å². The molecule has 0 unspecified atom stereocenters. The molecule has 0 saturated heterocycles. The molecule has 1 saturated carbocycles. The number of hydrogen-bond acceptors (Lipinski definition) is 1. The molecule has 0 aliphatic heterocycles. The molecule has 2 aliphatic carbocycles. The summed E-state index contributed by atoms with van der Waals surface area (Å²) in [5, 5.41) is 9.48. The Morgan fingerprint density at radius 3 is 2.76 bits per heavy atom. The highest BCUT2D eigenvalue weighted by Gasteiger charge is 2.17. The van der Waals surface area contributed by atoms with Crippen LogP contribution in [0.1, 0.15) is 51.9 Å². The molecule has 0 aromatic rings. The van der Waals surface area contributed by atoms with E-state index in [1.165, 1.54) is 18.4 Å². The van der Waals surface area contributed by atoms with Gasteiger partial charge in [0.05, 0.1) is 6.10 Å². The maximum Gasteiger partial charge on any atom is 0.0540 e. The van der Waals surface area contributed by atoms with Crippen molar-refractivity contribution in [3.63, 3.8) is 0 Å². The van der Waals surface area contributed by atoms with E-state index in [4.69, 9.17) is 0 Å². The molecule has 2 aliphatic rings. The molecular formula is C16H24O. The standard InChI is InChI=1S/C16H24O/c1-13(11-14-5-3-2-4-6-14)12-15-7-9-16(17)10-8-15/h2-3,5,12,15-17H,4,6-11H2,1H3. The van der Waals surface area contributed by atoms with E-state index in [-0.39, 0.29) is 6.10 Å². The van der Waals surface area contributed by atoms with Crippen LogP contribution >= 0.6 is 0 Å². The van der Waals surface area contributed by atoms with Crippen LogP contribution in [0.5, 0.6) is 0 Å². The summed E-state index contributed by atoms with van der Waals surface area (Å²) in [6.07, 6.45) is 17.0. The normalized spacial score (nSPS) is 30.2. The van der Waals surface area contributed by atoms with E-state index in [0.29, 0.717) is 5.92 Å². The average molecular weight is 232 g/mol. The zero-order valence-corrected chi connectivity index (χ0v) is 10.9. The van der Waals surface area contributed by atoms with E-state index in [9.17, 15) is 5.11 Å². The van der Waals surface area contributed by atoms with Gasteiger partial charge in [-0.2, -0.15) is 0 Å². The first-order valence-electron chi connectivity index (χ1n) is 6.94. The van der Waals surface area contributed by atoms with Crippen molar-refractivity contribution in [3.8, 4) is 0 Å². The summed E-state index contributed by atoms with van der Waals surface area (Å²) in [4.78, 5) is 0. The summed E-state index contributed by atoms with van der Waals surface area (Å²) in [6.45, 7) is 2.25. The van der Waals surface area contributed by atoms with Crippen LogP contribution in [0.25, 0.3) is 0 Å². The maximum atomic E-state index is 9.48. The summed E-state index contributed by atoms with van der Waals surface area (Å²) in [7, 11) is 0. The Kier molecular flexibility index (Phi) is 4.61. The fraction of sp³-hybridized carbons (Fsp3) is 0.625. The lowest BCUT2D eigenvalue weighted by Crippen LogP contribution is -2.17. The summed E-state index contributed by atoms with van der Waals surface area (Å²) in [6, 6.07) is 0. The highest BCUT2D eigenvalue weighted by atomic mass is 16.3. The second-order valence-corrected chi connectivity index (χ2v) is 5.55. The third-order valence-corrected chi connectivity index (χ3v) is 3.87. The van der Waals surface area contributed by atoms with Crippen LogP contribution in [0.4, 0.5) is 0 Å². The molecule has 94 valence electrons. The molecule has 0 aromatic heterocycles. The topological polar surface area (TPSA) is 20.2 Å². The van der Waals surface area contributed by atoms with Gasteiger partial charge in [0.1, 0.15) is 0 Å². The van der Waals surface area contributed by atoms with Crippen LogP contribution in [0, 0.1) is 5.92 Å². The molecule has 0 spiro atoms. The van der Waals surface area contributed by atoms with Crippen molar-refractivity contribution in [1.82, 2.24) is 0 Å². The van der Waals surface area contributed by atoms with Gasteiger partial charge < -0.3 is 5.11 Å². The van der Waals surface area contributed by atoms with E-state index in [0.717, 1.165) is 32.1 Å². The van der Waals surface area contributed by atoms with E-state index >= 15 is 0 Å². The van der Waals surface area contributed by atoms with Gasteiger partial charge in [0.25, 0.3) is 0 Å². The molecule has 0 bridgehead atoms. The predicted molar refractivity (Wildman–Crippen MR) is 72.8 cm³/mol. The smallest absolute Gasteiger partial charge is 0.0540 e. The first-order valence-corrected chi connectivity index (χ1v) is 6.94. The van der Waals surface area contributed by atoms with Gasteiger partial charge in [-0.25, -0.2) is 0 Å². The second-order valence-electron chi connectivity index (χ2n) is 5.55. The Balaban J connectivity index is 1.84. The lowest BCUT2D eigenvalue weighted by Gasteiger charge is -2.23. The molecular weight excluding hydrogens is 208 g/mol. The Labute approximate surface area is 105 Å². The Morgan fingerprint density at radius 1 is 1.35 bits per heavy atom.